The lowest BCUT2D eigenvalue weighted by Gasteiger charge is -2.06. The summed E-state index contributed by atoms with van der Waals surface area (Å²) in [5.41, 5.74) is 10.1. The van der Waals surface area contributed by atoms with Gasteiger partial charge in [0.05, 0.1) is 18.5 Å². The third-order valence-electron chi connectivity index (χ3n) is 3.46. The van der Waals surface area contributed by atoms with Crippen molar-refractivity contribution in [3.8, 4) is 28.3 Å². The van der Waals surface area contributed by atoms with E-state index in [1.54, 1.807) is 25.7 Å². The van der Waals surface area contributed by atoms with E-state index in [4.69, 9.17) is 10.5 Å². The Morgan fingerprint density at radius 3 is 2.04 bits per heavy atom. The van der Waals surface area contributed by atoms with Crippen LogP contribution in [0.1, 0.15) is 5.69 Å². The van der Waals surface area contributed by atoms with Crippen molar-refractivity contribution in [2.75, 3.05) is 12.8 Å². The topological polar surface area (TPSA) is 109 Å². The van der Waals surface area contributed by atoms with Crippen molar-refractivity contribution >= 4 is 5.69 Å². The monoisotopic (exact) mass is 309 g/mol. The van der Waals surface area contributed by atoms with E-state index in [0.717, 1.165) is 28.1 Å². The largest absolute Gasteiger partial charge is 0.497 e. The molecule has 23 heavy (non-hydrogen) atoms. The first kappa shape index (κ1) is 16.4. The average Bonchev–Trinajstić information content (AvgIpc) is 2.58. The summed E-state index contributed by atoms with van der Waals surface area (Å²) >= 11 is 0. The van der Waals surface area contributed by atoms with Gasteiger partial charge in [0.25, 0.3) is 0 Å². The van der Waals surface area contributed by atoms with E-state index in [0.29, 0.717) is 11.5 Å². The Bertz CT molecular complexity index is 785. The van der Waals surface area contributed by atoms with Crippen LogP contribution in [0.2, 0.25) is 0 Å². The number of aromatic nitrogens is 3. The Balaban J connectivity index is 0.00000192. The Labute approximate surface area is 135 Å². The molecule has 0 amide bonds. The molecule has 118 valence electrons. The lowest BCUT2D eigenvalue weighted by Crippen LogP contribution is -1.96. The van der Waals surface area contributed by atoms with Crippen LogP contribution in [-0.4, -0.2) is 22.1 Å². The van der Waals surface area contributed by atoms with Crippen LogP contribution in [0.15, 0.2) is 48.9 Å². The van der Waals surface area contributed by atoms with E-state index >= 15 is 0 Å². The second kappa shape index (κ2) is 6.85. The van der Waals surface area contributed by atoms with Gasteiger partial charge in [-0.05, 0) is 30.7 Å². The van der Waals surface area contributed by atoms with Crippen LogP contribution in [0.4, 0.5) is 5.69 Å². The highest BCUT2D eigenvalue weighted by atomic mass is 16.5. The van der Waals surface area contributed by atoms with Crippen molar-refractivity contribution in [3.05, 3.63) is 54.6 Å². The van der Waals surface area contributed by atoms with E-state index in [9.17, 15) is 0 Å². The summed E-state index contributed by atoms with van der Waals surface area (Å²) in [6.45, 7) is 1.87. The Kier molecular flexibility index (Phi) is 4.88. The summed E-state index contributed by atoms with van der Waals surface area (Å²) in [5, 5.41) is 0. The molecule has 0 aliphatic rings. The molecular formula is C17H19N5O. The summed E-state index contributed by atoms with van der Waals surface area (Å²) in [7, 11) is 1.65. The van der Waals surface area contributed by atoms with Crippen LogP contribution < -0.4 is 16.6 Å². The van der Waals surface area contributed by atoms with Gasteiger partial charge in [0.2, 0.25) is 0 Å². The Morgan fingerprint density at radius 2 is 1.48 bits per heavy atom. The van der Waals surface area contributed by atoms with Crippen LogP contribution in [0.3, 0.4) is 0 Å². The first-order valence-electron chi connectivity index (χ1n) is 6.86. The molecule has 6 heteroatoms. The Morgan fingerprint density at radius 1 is 0.870 bits per heavy atom. The Hall–Kier alpha value is -2.99. The van der Waals surface area contributed by atoms with Crippen molar-refractivity contribution in [2.45, 2.75) is 6.92 Å². The zero-order valence-corrected chi connectivity index (χ0v) is 13.2. The molecule has 0 atom stereocenters. The molecule has 0 fully saturated rings. The fourth-order valence-corrected chi connectivity index (χ4v) is 2.08. The van der Waals surface area contributed by atoms with Gasteiger partial charge in [0.15, 0.2) is 5.82 Å². The van der Waals surface area contributed by atoms with Gasteiger partial charge in [0.1, 0.15) is 5.75 Å². The van der Waals surface area contributed by atoms with Crippen LogP contribution in [0.5, 0.6) is 5.75 Å². The number of methoxy groups -OCH3 is 1. The highest BCUT2D eigenvalue weighted by molar-refractivity contribution is 5.65. The third-order valence-corrected chi connectivity index (χ3v) is 3.46. The predicted molar refractivity (Wildman–Crippen MR) is 91.4 cm³/mol. The standard InChI is InChI=1S/C17H16N4O.H3N/c1-11-16(18)7-13(8-19-11)17-20-9-14(10-21-17)12-3-5-15(22-2)6-4-12;/h3-10H,18H2,1-2H3;1H3. The number of hydrogen-bond acceptors (Lipinski definition) is 6. The number of ether oxygens (including phenoxy) is 1. The van der Waals surface area contributed by atoms with Gasteiger partial charge in [0, 0.05) is 29.7 Å². The number of nitrogens with zero attached hydrogens (tertiary/aromatic N) is 3. The molecule has 0 unspecified atom stereocenters. The lowest BCUT2D eigenvalue weighted by atomic mass is 10.1. The van der Waals surface area contributed by atoms with Crippen LogP contribution in [-0.2, 0) is 0 Å². The maximum Gasteiger partial charge on any atom is 0.160 e. The van der Waals surface area contributed by atoms with Crippen molar-refractivity contribution in [3.63, 3.8) is 0 Å². The zero-order valence-electron chi connectivity index (χ0n) is 13.2. The van der Waals surface area contributed by atoms with Gasteiger partial charge in [-0.2, -0.15) is 0 Å². The quantitative estimate of drug-likeness (QED) is 0.768. The van der Waals surface area contributed by atoms with Gasteiger partial charge < -0.3 is 16.6 Å². The molecule has 0 aliphatic heterocycles. The molecule has 0 saturated carbocycles. The molecule has 3 rings (SSSR count). The first-order chi connectivity index (χ1) is 10.7. The molecule has 3 aromatic rings. The normalized spacial score (nSPS) is 10.0. The molecule has 0 spiro atoms. The van der Waals surface area contributed by atoms with Crippen molar-refractivity contribution < 1.29 is 4.74 Å². The molecule has 2 aromatic heterocycles. The minimum atomic E-state index is 0. The van der Waals surface area contributed by atoms with Crippen molar-refractivity contribution in [1.29, 1.82) is 0 Å². The number of pyridine rings is 1. The highest BCUT2D eigenvalue weighted by Gasteiger charge is 2.05. The SMILES string of the molecule is COc1ccc(-c2cnc(-c3cnc(C)c(N)c3)nc2)cc1.N. The van der Waals surface area contributed by atoms with Crippen LogP contribution in [0.25, 0.3) is 22.5 Å². The molecule has 0 radical (unpaired) electrons. The summed E-state index contributed by atoms with van der Waals surface area (Å²) in [4.78, 5) is 13.0. The number of anilines is 1. The average molecular weight is 309 g/mol. The van der Waals surface area contributed by atoms with E-state index in [1.807, 2.05) is 37.3 Å². The lowest BCUT2D eigenvalue weighted by molar-refractivity contribution is 0.415. The fraction of sp³-hybridized carbons (Fsp3) is 0.118. The number of aryl methyl sites for hydroxylation is 1. The maximum atomic E-state index is 5.88. The summed E-state index contributed by atoms with van der Waals surface area (Å²) in [6, 6.07) is 9.61. The molecule has 0 aliphatic carbocycles. The maximum absolute atomic E-state index is 5.88. The third kappa shape index (κ3) is 3.44. The van der Waals surface area contributed by atoms with E-state index in [-0.39, 0.29) is 6.15 Å². The molecule has 0 bridgehead atoms. The van der Waals surface area contributed by atoms with Crippen molar-refractivity contribution in [2.24, 2.45) is 0 Å². The smallest absolute Gasteiger partial charge is 0.160 e. The van der Waals surface area contributed by atoms with Crippen LogP contribution >= 0.6 is 0 Å². The number of nitrogens with two attached hydrogens (primary N) is 1. The fourth-order valence-electron chi connectivity index (χ4n) is 2.08. The van der Waals surface area contributed by atoms with Gasteiger partial charge >= 0.3 is 0 Å². The molecule has 1 aromatic carbocycles. The zero-order chi connectivity index (χ0) is 15.5. The van der Waals surface area contributed by atoms with Gasteiger partial charge in [-0.15, -0.1) is 0 Å². The number of benzene rings is 1. The van der Waals surface area contributed by atoms with Gasteiger partial charge in [-0.3, -0.25) is 4.98 Å². The number of hydrogen-bond donors (Lipinski definition) is 2. The van der Waals surface area contributed by atoms with Crippen LogP contribution in [0, 0.1) is 6.92 Å². The molecule has 2 heterocycles. The predicted octanol–water partition coefficient (Wildman–Crippen LogP) is 3.27. The molecule has 0 saturated heterocycles. The van der Waals surface area contributed by atoms with E-state index in [1.165, 1.54) is 0 Å². The second-order valence-corrected chi connectivity index (χ2v) is 4.92. The molecule has 5 N–H and O–H groups in total. The van der Waals surface area contributed by atoms with Crippen molar-refractivity contribution in [1.82, 2.24) is 21.1 Å². The van der Waals surface area contributed by atoms with E-state index < -0.39 is 0 Å². The highest BCUT2D eigenvalue weighted by Crippen LogP contribution is 2.23. The number of rotatable bonds is 3. The molecule has 6 nitrogen and oxygen atoms in total. The summed E-state index contributed by atoms with van der Waals surface area (Å²) < 4.78 is 5.15. The summed E-state index contributed by atoms with van der Waals surface area (Å²) in [5.74, 6) is 1.43. The molecular weight excluding hydrogens is 290 g/mol. The van der Waals surface area contributed by atoms with Gasteiger partial charge in [-0.25, -0.2) is 9.97 Å². The summed E-state index contributed by atoms with van der Waals surface area (Å²) in [6.07, 6.45) is 5.31. The van der Waals surface area contributed by atoms with Gasteiger partial charge in [-0.1, -0.05) is 12.1 Å². The minimum absolute atomic E-state index is 0. The van der Waals surface area contributed by atoms with E-state index in [2.05, 4.69) is 15.0 Å². The number of nitrogen functional groups attached to an aromatic ring is 1. The minimum Gasteiger partial charge on any atom is -0.497 e. The second-order valence-electron chi connectivity index (χ2n) is 4.92. The first-order valence-corrected chi connectivity index (χ1v) is 6.86.